The van der Waals surface area contributed by atoms with Crippen molar-refractivity contribution in [1.82, 2.24) is 0 Å². The van der Waals surface area contributed by atoms with Crippen LogP contribution in [0.4, 0.5) is 5.69 Å². The fourth-order valence-corrected chi connectivity index (χ4v) is 3.43. The molecule has 0 spiro atoms. The second-order valence-corrected chi connectivity index (χ2v) is 9.63. The van der Waals surface area contributed by atoms with Crippen molar-refractivity contribution in [3.8, 4) is 5.75 Å². The molecule has 0 fully saturated rings. The number of rotatable bonds is 10. The number of nitrogens with two attached hydrogens (primary N) is 1. The number of ether oxygens (including phenoxy) is 1. The van der Waals surface area contributed by atoms with Crippen LogP contribution in [0.5, 0.6) is 5.75 Å². The third-order valence-corrected chi connectivity index (χ3v) is 6.61. The Morgan fingerprint density at radius 1 is 0.969 bits per heavy atom. The van der Waals surface area contributed by atoms with Gasteiger partial charge in [0.25, 0.3) is 5.91 Å². The number of amides is 2. The lowest BCUT2D eigenvalue weighted by molar-refractivity contribution is -0.122. The van der Waals surface area contributed by atoms with Crippen molar-refractivity contribution in [2.45, 2.75) is 84.7 Å². The third-order valence-electron chi connectivity index (χ3n) is 6.61. The zero-order chi connectivity index (χ0) is 24.1. The molecule has 0 aliphatic rings. The molecular formula is C27H38N2O3. The zero-order valence-corrected chi connectivity index (χ0v) is 20.5. The first-order chi connectivity index (χ1) is 14.9. The second kappa shape index (κ2) is 10.2. The largest absolute Gasteiger partial charge is 0.480 e. The SMILES string of the molecule is CCC(Oc1ccc(C(C)(C)CC)cc1C(C)(C)CC)C(=O)Nc1cccc(C(N)=O)c1. The summed E-state index contributed by atoms with van der Waals surface area (Å²) in [7, 11) is 0. The first-order valence-electron chi connectivity index (χ1n) is 11.5. The van der Waals surface area contributed by atoms with E-state index in [1.165, 1.54) is 5.56 Å². The predicted molar refractivity (Wildman–Crippen MR) is 131 cm³/mol. The molecule has 0 saturated carbocycles. The lowest BCUT2D eigenvalue weighted by atomic mass is 9.76. The van der Waals surface area contributed by atoms with Gasteiger partial charge in [0.05, 0.1) is 0 Å². The number of nitrogens with one attached hydrogen (secondary N) is 1. The Hall–Kier alpha value is -2.82. The van der Waals surface area contributed by atoms with Gasteiger partial charge in [0.2, 0.25) is 5.91 Å². The summed E-state index contributed by atoms with van der Waals surface area (Å²) in [6.07, 6.45) is 1.82. The van der Waals surface area contributed by atoms with E-state index in [1.54, 1.807) is 24.3 Å². The number of hydrogen-bond acceptors (Lipinski definition) is 3. The maximum atomic E-state index is 13.0. The van der Waals surface area contributed by atoms with E-state index in [0.717, 1.165) is 24.2 Å². The lowest BCUT2D eigenvalue weighted by Gasteiger charge is -2.31. The number of carbonyl (C=O) groups excluding carboxylic acids is 2. The van der Waals surface area contributed by atoms with E-state index in [1.807, 2.05) is 13.0 Å². The molecule has 2 amide bonds. The van der Waals surface area contributed by atoms with Crippen molar-refractivity contribution in [3.63, 3.8) is 0 Å². The van der Waals surface area contributed by atoms with Crippen molar-refractivity contribution < 1.29 is 14.3 Å². The highest BCUT2D eigenvalue weighted by atomic mass is 16.5. The van der Waals surface area contributed by atoms with E-state index in [0.29, 0.717) is 17.7 Å². The van der Waals surface area contributed by atoms with Crippen LogP contribution in [0.15, 0.2) is 42.5 Å². The van der Waals surface area contributed by atoms with Crippen molar-refractivity contribution in [3.05, 3.63) is 59.2 Å². The molecule has 1 atom stereocenters. The maximum Gasteiger partial charge on any atom is 0.265 e. The topological polar surface area (TPSA) is 81.4 Å². The van der Waals surface area contributed by atoms with Gasteiger partial charge < -0.3 is 15.8 Å². The summed E-state index contributed by atoms with van der Waals surface area (Å²) in [6.45, 7) is 15.2. The Morgan fingerprint density at radius 3 is 2.19 bits per heavy atom. The monoisotopic (exact) mass is 438 g/mol. The average Bonchev–Trinajstić information content (AvgIpc) is 2.77. The summed E-state index contributed by atoms with van der Waals surface area (Å²) in [5, 5.41) is 2.85. The van der Waals surface area contributed by atoms with Gasteiger partial charge >= 0.3 is 0 Å². The summed E-state index contributed by atoms with van der Waals surface area (Å²) >= 11 is 0. The van der Waals surface area contributed by atoms with Gasteiger partial charge in [-0.3, -0.25) is 9.59 Å². The molecule has 5 heteroatoms. The smallest absolute Gasteiger partial charge is 0.265 e. The van der Waals surface area contributed by atoms with Crippen LogP contribution in [0.25, 0.3) is 0 Å². The number of anilines is 1. The summed E-state index contributed by atoms with van der Waals surface area (Å²) in [4.78, 5) is 24.4. The molecule has 1 unspecified atom stereocenters. The van der Waals surface area contributed by atoms with E-state index in [9.17, 15) is 9.59 Å². The van der Waals surface area contributed by atoms with E-state index in [2.05, 4.69) is 59.0 Å². The highest BCUT2D eigenvalue weighted by Crippen LogP contribution is 2.39. The highest BCUT2D eigenvalue weighted by Gasteiger charge is 2.28. The quantitative estimate of drug-likeness (QED) is 0.480. The molecule has 0 heterocycles. The van der Waals surface area contributed by atoms with Crippen LogP contribution >= 0.6 is 0 Å². The first-order valence-corrected chi connectivity index (χ1v) is 11.5. The van der Waals surface area contributed by atoms with Crippen molar-refractivity contribution in [2.24, 2.45) is 5.73 Å². The van der Waals surface area contributed by atoms with Gasteiger partial charge in [-0.2, -0.15) is 0 Å². The number of benzene rings is 2. The molecule has 174 valence electrons. The van der Waals surface area contributed by atoms with Gasteiger partial charge in [0.15, 0.2) is 6.10 Å². The number of carbonyl (C=O) groups is 2. The average molecular weight is 439 g/mol. The van der Waals surface area contributed by atoms with Crippen LogP contribution in [-0.2, 0) is 15.6 Å². The zero-order valence-electron chi connectivity index (χ0n) is 20.5. The second-order valence-electron chi connectivity index (χ2n) is 9.63. The summed E-state index contributed by atoms with van der Waals surface area (Å²) in [5.74, 6) is -0.0568. The Bertz CT molecular complexity index is 963. The summed E-state index contributed by atoms with van der Waals surface area (Å²) < 4.78 is 6.29. The minimum absolute atomic E-state index is 0.0596. The molecule has 0 saturated heterocycles. The number of primary amides is 1. The minimum Gasteiger partial charge on any atom is -0.480 e. The molecule has 0 aliphatic heterocycles. The van der Waals surface area contributed by atoms with Gasteiger partial charge in [0.1, 0.15) is 5.75 Å². The molecule has 0 radical (unpaired) electrons. The van der Waals surface area contributed by atoms with Crippen molar-refractivity contribution in [2.75, 3.05) is 5.32 Å². The van der Waals surface area contributed by atoms with Crippen LogP contribution in [0.1, 0.15) is 89.2 Å². The molecule has 2 aromatic carbocycles. The van der Waals surface area contributed by atoms with Crippen molar-refractivity contribution >= 4 is 17.5 Å². The van der Waals surface area contributed by atoms with Crippen LogP contribution in [0.2, 0.25) is 0 Å². The molecule has 2 aromatic rings. The van der Waals surface area contributed by atoms with Crippen LogP contribution in [-0.4, -0.2) is 17.9 Å². The molecule has 2 rings (SSSR count). The van der Waals surface area contributed by atoms with Crippen molar-refractivity contribution in [1.29, 1.82) is 0 Å². The van der Waals surface area contributed by atoms with Gasteiger partial charge in [-0.05, 0) is 59.9 Å². The lowest BCUT2D eigenvalue weighted by Crippen LogP contribution is -2.33. The fourth-order valence-electron chi connectivity index (χ4n) is 3.43. The van der Waals surface area contributed by atoms with Crippen LogP contribution in [0, 0.1) is 0 Å². The van der Waals surface area contributed by atoms with Crippen LogP contribution < -0.4 is 15.8 Å². The Kier molecular flexibility index (Phi) is 8.11. The summed E-state index contributed by atoms with van der Waals surface area (Å²) in [6, 6.07) is 12.9. The molecule has 0 bridgehead atoms. The van der Waals surface area contributed by atoms with E-state index >= 15 is 0 Å². The minimum atomic E-state index is -0.663. The number of hydrogen-bond donors (Lipinski definition) is 2. The Balaban J connectivity index is 2.34. The molecular weight excluding hydrogens is 400 g/mol. The van der Waals surface area contributed by atoms with E-state index < -0.39 is 12.0 Å². The molecule has 32 heavy (non-hydrogen) atoms. The molecule has 5 nitrogen and oxygen atoms in total. The van der Waals surface area contributed by atoms with Gasteiger partial charge in [0, 0.05) is 16.8 Å². The fraction of sp³-hybridized carbons (Fsp3) is 0.481. The Labute approximate surface area is 192 Å². The molecule has 0 aliphatic carbocycles. The normalized spacial score (nSPS) is 12.8. The third kappa shape index (κ3) is 5.90. The first kappa shape index (κ1) is 25.4. The van der Waals surface area contributed by atoms with E-state index in [4.69, 9.17) is 10.5 Å². The predicted octanol–water partition coefficient (Wildman–Crippen LogP) is 5.96. The highest BCUT2D eigenvalue weighted by molar-refractivity contribution is 5.97. The molecule has 0 aromatic heterocycles. The maximum absolute atomic E-state index is 13.0. The summed E-state index contributed by atoms with van der Waals surface area (Å²) in [5.41, 5.74) is 8.55. The standard InChI is InChI=1S/C27H38N2O3/c1-8-22(25(31)29-20-13-11-12-18(16-20)24(28)30)32-23-15-14-19(26(4,5)9-2)17-21(23)27(6,7)10-3/h11-17,22H,8-10H2,1-7H3,(H2,28,30)(H,29,31). The van der Waals surface area contributed by atoms with Gasteiger partial charge in [-0.15, -0.1) is 0 Å². The van der Waals surface area contributed by atoms with Crippen LogP contribution in [0.3, 0.4) is 0 Å². The van der Waals surface area contributed by atoms with Gasteiger partial charge in [-0.25, -0.2) is 0 Å². The Morgan fingerprint density at radius 2 is 1.62 bits per heavy atom. The van der Waals surface area contributed by atoms with Gasteiger partial charge in [-0.1, -0.05) is 66.7 Å². The molecule has 3 N–H and O–H groups in total. The van der Waals surface area contributed by atoms with E-state index in [-0.39, 0.29) is 16.7 Å².